The van der Waals surface area contributed by atoms with Crippen LogP contribution in [-0.4, -0.2) is 7.85 Å². The van der Waals surface area contributed by atoms with E-state index in [1.807, 2.05) is 0 Å². The zero-order valence-electron chi connectivity index (χ0n) is 9.89. The summed E-state index contributed by atoms with van der Waals surface area (Å²) >= 11 is 0. The van der Waals surface area contributed by atoms with Crippen molar-refractivity contribution < 1.29 is 0 Å². The molecule has 2 radical (unpaired) electrons. The molecule has 0 aliphatic heterocycles. The van der Waals surface area contributed by atoms with Gasteiger partial charge in [-0.05, 0) is 17.7 Å². The van der Waals surface area contributed by atoms with Crippen LogP contribution in [0.4, 0.5) is 0 Å². The third kappa shape index (κ3) is 2.02. The minimum atomic E-state index is -0.277. The SMILES string of the molecule is [B]C(C)(c1ccc(C)cc1)C(C)(C)C. The average Bonchev–Trinajstić information content (AvgIpc) is 2.03. The highest BCUT2D eigenvalue weighted by molar-refractivity contribution is 6.16. The third-order valence-electron chi connectivity index (χ3n) is 3.21. The van der Waals surface area contributed by atoms with Crippen LogP contribution in [0.5, 0.6) is 0 Å². The molecule has 1 unspecified atom stereocenters. The summed E-state index contributed by atoms with van der Waals surface area (Å²) in [5.74, 6) is 0. The molecule has 0 spiro atoms. The highest BCUT2D eigenvalue weighted by atomic mass is 14.3. The third-order valence-corrected chi connectivity index (χ3v) is 3.21. The van der Waals surface area contributed by atoms with Crippen LogP contribution in [0.3, 0.4) is 0 Å². The van der Waals surface area contributed by atoms with Gasteiger partial charge in [-0.15, -0.1) is 0 Å². The number of rotatable bonds is 1. The summed E-state index contributed by atoms with van der Waals surface area (Å²) in [6.07, 6.45) is 0. The lowest BCUT2D eigenvalue weighted by Crippen LogP contribution is -2.37. The Balaban J connectivity index is 3.10. The molecule has 0 heterocycles. The van der Waals surface area contributed by atoms with E-state index in [4.69, 9.17) is 7.85 Å². The van der Waals surface area contributed by atoms with Crippen molar-refractivity contribution in [1.29, 1.82) is 0 Å². The second-order valence-corrected chi connectivity index (χ2v) is 5.32. The van der Waals surface area contributed by atoms with Gasteiger partial charge in [0, 0.05) is 0 Å². The van der Waals surface area contributed by atoms with Crippen LogP contribution in [0, 0.1) is 12.3 Å². The minimum absolute atomic E-state index is 0.0717. The van der Waals surface area contributed by atoms with Crippen LogP contribution < -0.4 is 0 Å². The first kappa shape index (κ1) is 11.4. The van der Waals surface area contributed by atoms with Gasteiger partial charge in [0.1, 0.15) is 0 Å². The molecule has 0 amide bonds. The summed E-state index contributed by atoms with van der Waals surface area (Å²) in [5, 5.41) is -0.277. The first-order valence-electron chi connectivity index (χ1n) is 5.11. The van der Waals surface area contributed by atoms with Gasteiger partial charge < -0.3 is 0 Å². The van der Waals surface area contributed by atoms with Gasteiger partial charge in [-0.2, -0.15) is 0 Å². The number of benzene rings is 1. The highest BCUT2D eigenvalue weighted by Crippen LogP contribution is 2.38. The maximum Gasteiger partial charge on any atom is 0.0813 e. The second kappa shape index (κ2) is 3.45. The van der Waals surface area contributed by atoms with Crippen LogP contribution in [-0.2, 0) is 5.31 Å². The lowest BCUT2D eigenvalue weighted by molar-refractivity contribution is 0.295. The second-order valence-electron chi connectivity index (χ2n) is 5.32. The zero-order valence-corrected chi connectivity index (χ0v) is 9.89. The van der Waals surface area contributed by atoms with Crippen molar-refractivity contribution >= 4 is 7.85 Å². The summed E-state index contributed by atoms with van der Waals surface area (Å²) in [7, 11) is 6.37. The van der Waals surface area contributed by atoms with Crippen LogP contribution in [0.25, 0.3) is 0 Å². The summed E-state index contributed by atoms with van der Waals surface area (Å²) in [5.41, 5.74) is 2.55. The van der Waals surface area contributed by atoms with Crippen molar-refractivity contribution in [2.45, 2.75) is 39.9 Å². The minimum Gasteiger partial charge on any atom is -0.0632 e. The predicted molar refractivity (Wildman–Crippen MR) is 63.7 cm³/mol. The van der Waals surface area contributed by atoms with Gasteiger partial charge in [-0.25, -0.2) is 0 Å². The van der Waals surface area contributed by atoms with Crippen molar-refractivity contribution in [2.24, 2.45) is 5.41 Å². The summed E-state index contributed by atoms with van der Waals surface area (Å²) < 4.78 is 0. The molecule has 0 aliphatic carbocycles. The van der Waals surface area contributed by atoms with Crippen LogP contribution in [0.2, 0.25) is 0 Å². The Morgan fingerprint density at radius 1 is 0.929 bits per heavy atom. The normalized spacial score (nSPS) is 16.4. The van der Waals surface area contributed by atoms with Gasteiger partial charge in [0.25, 0.3) is 0 Å². The highest BCUT2D eigenvalue weighted by Gasteiger charge is 2.33. The molecule has 1 heteroatoms. The molecule has 0 bridgehead atoms. The topological polar surface area (TPSA) is 0 Å². The van der Waals surface area contributed by atoms with E-state index < -0.39 is 0 Å². The molecule has 0 aromatic heterocycles. The fourth-order valence-electron chi connectivity index (χ4n) is 1.33. The molecule has 14 heavy (non-hydrogen) atoms. The maximum atomic E-state index is 6.37. The fourth-order valence-corrected chi connectivity index (χ4v) is 1.33. The fraction of sp³-hybridized carbons (Fsp3) is 0.538. The molecule has 74 valence electrons. The Bertz CT molecular complexity index is 301. The predicted octanol–water partition coefficient (Wildman–Crippen LogP) is 3.42. The van der Waals surface area contributed by atoms with E-state index in [2.05, 4.69) is 58.9 Å². The van der Waals surface area contributed by atoms with E-state index in [-0.39, 0.29) is 10.7 Å². The van der Waals surface area contributed by atoms with Crippen molar-refractivity contribution in [2.75, 3.05) is 0 Å². The van der Waals surface area contributed by atoms with E-state index >= 15 is 0 Å². The largest absolute Gasteiger partial charge is 0.0813 e. The Hall–Kier alpha value is -0.715. The molecule has 1 rings (SSSR count). The van der Waals surface area contributed by atoms with Crippen LogP contribution in [0.1, 0.15) is 38.8 Å². The molecular weight excluding hydrogens is 167 g/mol. The lowest BCUT2D eigenvalue weighted by atomic mass is 9.52. The van der Waals surface area contributed by atoms with Crippen molar-refractivity contribution in [3.8, 4) is 0 Å². The molecule has 1 aromatic carbocycles. The number of hydrogen-bond donors (Lipinski definition) is 0. The van der Waals surface area contributed by atoms with E-state index in [9.17, 15) is 0 Å². The van der Waals surface area contributed by atoms with Crippen molar-refractivity contribution in [1.82, 2.24) is 0 Å². The average molecular weight is 186 g/mol. The quantitative estimate of drug-likeness (QED) is 0.589. The van der Waals surface area contributed by atoms with Gasteiger partial charge >= 0.3 is 0 Å². The van der Waals surface area contributed by atoms with E-state index in [0.717, 1.165) is 0 Å². The summed E-state index contributed by atoms with van der Waals surface area (Å²) in [4.78, 5) is 0. The molecule has 0 aliphatic rings. The Morgan fingerprint density at radius 2 is 1.36 bits per heavy atom. The monoisotopic (exact) mass is 186 g/mol. The molecule has 1 atom stereocenters. The van der Waals surface area contributed by atoms with Gasteiger partial charge in [-0.3, -0.25) is 0 Å². The van der Waals surface area contributed by atoms with Crippen LogP contribution in [0.15, 0.2) is 24.3 Å². The van der Waals surface area contributed by atoms with Gasteiger partial charge in [0.15, 0.2) is 0 Å². The first-order valence-corrected chi connectivity index (χ1v) is 5.11. The summed E-state index contributed by atoms with van der Waals surface area (Å²) in [6.45, 7) is 10.7. The Kier molecular flexibility index (Phi) is 2.80. The van der Waals surface area contributed by atoms with Crippen LogP contribution >= 0.6 is 0 Å². The van der Waals surface area contributed by atoms with Gasteiger partial charge in [-0.1, -0.05) is 63.1 Å². The molecular formula is C13H19B. The molecule has 0 saturated carbocycles. The smallest absolute Gasteiger partial charge is 0.0632 e. The Morgan fingerprint density at radius 3 is 1.71 bits per heavy atom. The van der Waals surface area contributed by atoms with E-state index in [1.54, 1.807) is 0 Å². The Labute approximate surface area is 89.1 Å². The van der Waals surface area contributed by atoms with Crippen molar-refractivity contribution in [3.63, 3.8) is 0 Å². The van der Waals surface area contributed by atoms with Gasteiger partial charge in [0.2, 0.25) is 0 Å². The zero-order chi connectivity index (χ0) is 11.0. The molecule has 0 saturated heterocycles. The van der Waals surface area contributed by atoms with E-state index in [0.29, 0.717) is 0 Å². The molecule has 1 aromatic rings. The molecule has 0 N–H and O–H groups in total. The van der Waals surface area contributed by atoms with E-state index in [1.165, 1.54) is 11.1 Å². The van der Waals surface area contributed by atoms with Crippen molar-refractivity contribution in [3.05, 3.63) is 35.4 Å². The maximum absolute atomic E-state index is 6.37. The molecule has 0 fully saturated rings. The molecule has 0 nitrogen and oxygen atoms in total. The lowest BCUT2D eigenvalue weighted by Gasteiger charge is -2.40. The number of aryl methyl sites for hydroxylation is 1. The number of hydrogen-bond acceptors (Lipinski definition) is 0. The summed E-state index contributed by atoms with van der Waals surface area (Å²) in [6, 6.07) is 8.49. The van der Waals surface area contributed by atoms with Gasteiger partial charge in [0.05, 0.1) is 7.85 Å². The first-order chi connectivity index (χ1) is 6.25. The standard InChI is InChI=1S/C13H19B/c1-10-6-8-11(9-7-10)13(5,14)12(2,3)4/h6-9H,1-5H3.